The van der Waals surface area contributed by atoms with Crippen LogP contribution in [0.2, 0.25) is 0 Å². The Morgan fingerprint density at radius 1 is 0.783 bits per heavy atom. The second kappa shape index (κ2) is 28.1. The maximum Gasteiger partial charge on any atom is 0.309 e. The van der Waals surface area contributed by atoms with Crippen LogP contribution in [0.15, 0.2) is 24.3 Å². The molecule has 0 aromatic carbocycles. The van der Waals surface area contributed by atoms with Crippen molar-refractivity contribution < 1.29 is 90.3 Å². The third kappa shape index (κ3) is 17.7. The third-order valence-corrected chi connectivity index (χ3v) is 12.4. The number of methoxy groups -OCH3 is 3. The number of rotatable bonds is 17. The minimum Gasteiger partial charge on any atom is -0.462 e. The van der Waals surface area contributed by atoms with Gasteiger partial charge in [-0.2, -0.15) is 0 Å². The van der Waals surface area contributed by atoms with Crippen molar-refractivity contribution in [2.45, 2.75) is 206 Å². The maximum atomic E-state index is 13.7. The predicted molar refractivity (Wildman–Crippen MR) is 246 cm³/mol. The first-order chi connectivity index (χ1) is 32.5. The molecule has 3 heterocycles. The third-order valence-electron chi connectivity index (χ3n) is 12.4. The summed E-state index contributed by atoms with van der Waals surface area (Å²) < 4.78 is 79.9. The van der Waals surface area contributed by atoms with E-state index in [-0.39, 0.29) is 32.1 Å². The highest BCUT2D eigenvalue weighted by Crippen LogP contribution is 2.40. The monoisotopic (exact) mass is 986 g/mol. The second-order valence-electron chi connectivity index (χ2n) is 18.4. The van der Waals surface area contributed by atoms with Crippen molar-refractivity contribution in [2.24, 2.45) is 11.8 Å². The number of hydrogen-bond donors (Lipinski definition) is 0. The average Bonchev–Trinajstić information content (AvgIpc) is 3.25. The lowest BCUT2D eigenvalue weighted by atomic mass is 9.82. The Kier molecular flexibility index (Phi) is 24.2. The highest BCUT2D eigenvalue weighted by atomic mass is 16.7. The van der Waals surface area contributed by atoms with Gasteiger partial charge in [-0.25, -0.2) is 0 Å². The number of ether oxygens (including phenoxy) is 13. The van der Waals surface area contributed by atoms with E-state index >= 15 is 0 Å². The summed E-state index contributed by atoms with van der Waals surface area (Å²) in [7, 11) is 7.88. The standard InChI is InChI=1S/C49H79NO19/c1-16-37(54)65-36-25-39(56)60-28(4)21-19-18-20-22-35(63-31(7)51)27(3)23-34(24-40(57-13)58-14)44(45(36)59-15)68-48-46(64-32(8)52)42(50(11)12)43(29(5)62-48)67-41-26-49(10,69-33(9)53)47(30(6)61-41)66-38(55)17-2/h18-20,22,27-30,34-36,40-48H,16-17,21,23-26H2,1-15H3/b19-18+,22-20+/t27-,28-,29?,30?,34-,35+,36-,41?,42?,43?,44+,45?,46?,47?,48?,49?/m1/s1. The van der Waals surface area contributed by atoms with Crippen molar-refractivity contribution in [1.29, 1.82) is 0 Å². The predicted octanol–water partition coefficient (Wildman–Crippen LogP) is 4.90. The zero-order chi connectivity index (χ0) is 51.7. The summed E-state index contributed by atoms with van der Waals surface area (Å²) in [6, 6.07) is -0.816. The van der Waals surface area contributed by atoms with Crippen LogP contribution in [0.4, 0.5) is 0 Å². The molecule has 3 aliphatic rings. The highest BCUT2D eigenvalue weighted by Gasteiger charge is 2.56. The molecule has 394 valence electrons. The first-order valence-corrected chi connectivity index (χ1v) is 23.8. The van der Waals surface area contributed by atoms with Gasteiger partial charge in [0.1, 0.15) is 30.5 Å². The van der Waals surface area contributed by atoms with E-state index in [4.69, 9.17) is 61.6 Å². The van der Waals surface area contributed by atoms with Gasteiger partial charge >= 0.3 is 35.8 Å². The van der Waals surface area contributed by atoms with E-state index in [0.717, 1.165) is 0 Å². The van der Waals surface area contributed by atoms with Gasteiger partial charge in [-0.3, -0.25) is 28.8 Å². The Bertz CT molecular complexity index is 1740. The summed E-state index contributed by atoms with van der Waals surface area (Å²) in [5.74, 6) is -4.65. The van der Waals surface area contributed by atoms with Crippen LogP contribution in [0.25, 0.3) is 0 Å². The lowest BCUT2D eigenvalue weighted by molar-refractivity contribution is -0.346. The molecule has 0 aromatic heterocycles. The molecule has 0 amide bonds. The maximum absolute atomic E-state index is 13.7. The van der Waals surface area contributed by atoms with Gasteiger partial charge in [0.05, 0.1) is 30.8 Å². The molecule has 0 N–H and O–H groups in total. The van der Waals surface area contributed by atoms with Crippen molar-refractivity contribution in [3.8, 4) is 0 Å². The smallest absolute Gasteiger partial charge is 0.309 e. The molecule has 0 radical (unpaired) electrons. The van der Waals surface area contributed by atoms with Gasteiger partial charge < -0.3 is 66.5 Å². The second-order valence-corrected chi connectivity index (χ2v) is 18.4. The Morgan fingerprint density at radius 2 is 1.42 bits per heavy atom. The first kappa shape index (κ1) is 59.3. The van der Waals surface area contributed by atoms with E-state index < -0.39 is 146 Å². The van der Waals surface area contributed by atoms with Crippen molar-refractivity contribution in [1.82, 2.24) is 4.90 Å². The number of hydrogen-bond acceptors (Lipinski definition) is 20. The van der Waals surface area contributed by atoms with Crippen LogP contribution in [0.5, 0.6) is 0 Å². The zero-order valence-electron chi connectivity index (χ0n) is 43.2. The molecular weight excluding hydrogens is 907 g/mol. The summed E-state index contributed by atoms with van der Waals surface area (Å²) in [6.45, 7) is 15.8. The number of esters is 6. The highest BCUT2D eigenvalue weighted by molar-refractivity contribution is 5.73. The molecule has 3 aliphatic heterocycles. The van der Waals surface area contributed by atoms with Crippen molar-refractivity contribution in [2.75, 3.05) is 35.4 Å². The molecule has 69 heavy (non-hydrogen) atoms. The Balaban J connectivity index is 2.26. The molecule has 0 aliphatic carbocycles. The minimum atomic E-state index is -1.38. The minimum absolute atomic E-state index is 0.0290. The number of carbonyl (C=O) groups excluding carboxylic acids is 6. The molecule has 0 aromatic rings. The lowest BCUT2D eigenvalue weighted by Crippen LogP contribution is -2.67. The molecule has 3 rings (SSSR count). The summed E-state index contributed by atoms with van der Waals surface area (Å²) in [6.07, 6.45) is -5.52. The molecule has 2 saturated heterocycles. The number of allylic oxidation sites excluding steroid dienone is 2. The molecule has 10 unspecified atom stereocenters. The van der Waals surface area contributed by atoms with Gasteiger partial charge in [-0.15, -0.1) is 0 Å². The van der Waals surface area contributed by atoms with Gasteiger partial charge in [-0.05, 0) is 66.1 Å². The molecule has 0 spiro atoms. The average molecular weight is 986 g/mol. The van der Waals surface area contributed by atoms with Crippen LogP contribution in [0.3, 0.4) is 0 Å². The van der Waals surface area contributed by atoms with Crippen LogP contribution < -0.4 is 0 Å². The van der Waals surface area contributed by atoms with E-state index in [1.54, 1.807) is 78.8 Å². The van der Waals surface area contributed by atoms with Gasteiger partial charge in [-0.1, -0.05) is 39.0 Å². The lowest BCUT2D eigenvalue weighted by Gasteiger charge is -2.51. The first-order valence-electron chi connectivity index (χ1n) is 23.8. The van der Waals surface area contributed by atoms with E-state index in [2.05, 4.69) is 0 Å². The fourth-order valence-corrected chi connectivity index (χ4v) is 9.27. The number of carbonyl (C=O) groups is 6. The topological polar surface area (TPSA) is 226 Å². The van der Waals surface area contributed by atoms with Crippen LogP contribution in [-0.2, 0) is 90.3 Å². The fourth-order valence-electron chi connectivity index (χ4n) is 9.27. The van der Waals surface area contributed by atoms with Crippen LogP contribution in [-0.4, -0.2) is 168 Å². The largest absolute Gasteiger partial charge is 0.462 e. The molecule has 2 fully saturated rings. The number of likely N-dealkylation sites (N-methyl/N-ethyl adjacent to an activating group) is 1. The van der Waals surface area contributed by atoms with Crippen molar-refractivity contribution in [3.05, 3.63) is 24.3 Å². The molecular formula is C49H79NO19. The number of nitrogens with zero attached hydrogens (tertiary/aromatic N) is 1. The summed E-state index contributed by atoms with van der Waals surface area (Å²) >= 11 is 0. The Hall–Kier alpha value is -4.02. The molecule has 20 heteroatoms. The van der Waals surface area contributed by atoms with E-state index in [0.29, 0.717) is 6.42 Å². The molecule has 0 bridgehead atoms. The van der Waals surface area contributed by atoms with Crippen LogP contribution in [0.1, 0.15) is 114 Å². The van der Waals surface area contributed by atoms with Crippen LogP contribution >= 0.6 is 0 Å². The SMILES string of the molecule is CCC(=O)OC1C(C)OC(OC2C(C)OC(O[C@@H]3C(OC)[C@H](OC(=O)CC)CC(=O)O[C@H](C)C/C=C/C=C/[C@H](OC(C)=O)[C@H](C)C[C@@H]3CC(OC)OC)C(OC(C)=O)C2N(C)C)CC1(C)OC(C)=O. The molecule has 20 nitrogen and oxygen atoms in total. The van der Waals surface area contributed by atoms with Gasteiger partial charge in [0, 0.05) is 74.2 Å². The van der Waals surface area contributed by atoms with Gasteiger partial charge in [0.15, 0.2) is 36.7 Å². The Morgan fingerprint density at radius 3 is 1.99 bits per heavy atom. The fraction of sp³-hybridized carbons (Fsp3) is 0.796. The van der Waals surface area contributed by atoms with Crippen molar-refractivity contribution in [3.63, 3.8) is 0 Å². The summed E-state index contributed by atoms with van der Waals surface area (Å²) in [4.78, 5) is 79.3. The van der Waals surface area contributed by atoms with E-state index in [1.807, 2.05) is 13.0 Å². The normalized spacial score (nSPS) is 35.8. The summed E-state index contributed by atoms with van der Waals surface area (Å²) in [5, 5.41) is 0. The molecule has 16 atom stereocenters. The van der Waals surface area contributed by atoms with E-state index in [1.165, 1.54) is 42.1 Å². The number of cyclic esters (lactones) is 1. The van der Waals surface area contributed by atoms with Gasteiger partial charge in [0.25, 0.3) is 0 Å². The molecule has 0 saturated carbocycles. The summed E-state index contributed by atoms with van der Waals surface area (Å²) in [5.41, 5.74) is -1.36. The zero-order valence-corrected chi connectivity index (χ0v) is 43.2. The van der Waals surface area contributed by atoms with Crippen molar-refractivity contribution >= 4 is 35.8 Å². The van der Waals surface area contributed by atoms with Crippen LogP contribution in [0, 0.1) is 11.8 Å². The quantitative estimate of drug-likeness (QED) is 0.107. The van der Waals surface area contributed by atoms with E-state index in [9.17, 15) is 28.8 Å². The van der Waals surface area contributed by atoms with Gasteiger partial charge in [0.2, 0.25) is 0 Å². The Labute approximate surface area is 407 Å².